The minimum atomic E-state index is 0. The van der Waals surface area contributed by atoms with Crippen LogP contribution in [0.25, 0.3) is 11.4 Å². The van der Waals surface area contributed by atoms with Crippen LogP contribution in [0.4, 0.5) is 0 Å². The molecular formula is C19H24ClIN6O2. The van der Waals surface area contributed by atoms with Gasteiger partial charge in [-0.1, -0.05) is 47.9 Å². The van der Waals surface area contributed by atoms with Gasteiger partial charge in [0.15, 0.2) is 5.96 Å². The van der Waals surface area contributed by atoms with E-state index in [4.69, 9.17) is 20.6 Å². The molecule has 0 saturated carbocycles. The van der Waals surface area contributed by atoms with E-state index in [1.807, 2.05) is 19.1 Å². The predicted molar refractivity (Wildman–Crippen MR) is 122 cm³/mol. The van der Waals surface area contributed by atoms with Gasteiger partial charge in [-0.2, -0.15) is 4.98 Å². The van der Waals surface area contributed by atoms with E-state index in [2.05, 4.69) is 37.8 Å². The molecule has 2 aromatic heterocycles. The molecule has 0 aliphatic carbocycles. The average Bonchev–Trinajstić information content (AvgIpc) is 3.34. The highest BCUT2D eigenvalue weighted by Gasteiger charge is 2.14. The van der Waals surface area contributed by atoms with E-state index < -0.39 is 0 Å². The highest BCUT2D eigenvalue weighted by Crippen LogP contribution is 2.20. The fourth-order valence-corrected chi connectivity index (χ4v) is 2.95. The third-order valence-electron chi connectivity index (χ3n) is 4.22. The number of nitrogens with zero attached hydrogens (tertiary/aromatic N) is 4. The Bertz CT molecular complexity index is 934. The Morgan fingerprint density at radius 3 is 2.59 bits per heavy atom. The van der Waals surface area contributed by atoms with Crippen molar-refractivity contribution < 1.29 is 9.05 Å². The molecule has 0 aliphatic heterocycles. The van der Waals surface area contributed by atoms with E-state index in [0.717, 1.165) is 35.4 Å². The van der Waals surface area contributed by atoms with Crippen LogP contribution >= 0.6 is 35.6 Å². The maximum Gasteiger partial charge on any atom is 0.246 e. The van der Waals surface area contributed by atoms with Crippen molar-refractivity contribution in [3.05, 3.63) is 52.2 Å². The normalized spacial score (nSPS) is 11.2. The van der Waals surface area contributed by atoms with Crippen LogP contribution in [0.2, 0.25) is 5.02 Å². The van der Waals surface area contributed by atoms with Gasteiger partial charge in [-0.15, -0.1) is 24.0 Å². The monoisotopic (exact) mass is 530 g/mol. The summed E-state index contributed by atoms with van der Waals surface area (Å²) in [7, 11) is 1.70. The van der Waals surface area contributed by atoms with Crippen molar-refractivity contribution in [3.63, 3.8) is 0 Å². The van der Waals surface area contributed by atoms with Crippen LogP contribution in [-0.4, -0.2) is 28.3 Å². The molecule has 0 amide bonds. The SMILES string of the molecule is CCc1noc(CC)c1CNC(=NC)NCc1nc(-c2cccc(Cl)c2)no1.I. The van der Waals surface area contributed by atoms with Crippen molar-refractivity contribution in [1.29, 1.82) is 0 Å². The van der Waals surface area contributed by atoms with Crippen LogP contribution in [0.15, 0.2) is 38.3 Å². The number of guanidine groups is 1. The van der Waals surface area contributed by atoms with Crippen molar-refractivity contribution in [2.24, 2.45) is 4.99 Å². The van der Waals surface area contributed by atoms with Gasteiger partial charge >= 0.3 is 0 Å². The molecule has 0 atom stereocenters. The molecule has 0 radical (unpaired) electrons. The maximum absolute atomic E-state index is 6.01. The number of aromatic nitrogens is 3. The third kappa shape index (κ3) is 5.92. The Hall–Kier alpha value is -2.14. The first-order valence-corrected chi connectivity index (χ1v) is 9.51. The number of aliphatic imine (C=N–C) groups is 1. The molecule has 0 fully saturated rings. The number of rotatable bonds is 7. The van der Waals surface area contributed by atoms with E-state index in [1.54, 1.807) is 19.2 Å². The Labute approximate surface area is 191 Å². The second-order valence-corrected chi connectivity index (χ2v) is 6.48. The Morgan fingerprint density at radius 1 is 1.10 bits per heavy atom. The molecule has 3 rings (SSSR count). The molecule has 0 saturated heterocycles. The molecule has 2 N–H and O–H groups in total. The lowest BCUT2D eigenvalue weighted by atomic mass is 10.1. The van der Waals surface area contributed by atoms with Crippen molar-refractivity contribution in [2.75, 3.05) is 7.05 Å². The summed E-state index contributed by atoms with van der Waals surface area (Å²) >= 11 is 6.01. The van der Waals surface area contributed by atoms with Crippen LogP contribution < -0.4 is 10.6 Å². The molecule has 10 heteroatoms. The van der Waals surface area contributed by atoms with Gasteiger partial charge in [0.2, 0.25) is 11.7 Å². The predicted octanol–water partition coefficient (Wildman–Crippen LogP) is 3.99. The van der Waals surface area contributed by atoms with Crippen LogP contribution in [0.5, 0.6) is 0 Å². The molecule has 8 nitrogen and oxygen atoms in total. The first kappa shape index (κ1) is 23.1. The average molecular weight is 531 g/mol. The van der Waals surface area contributed by atoms with Crippen LogP contribution in [-0.2, 0) is 25.9 Å². The van der Waals surface area contributed by atoms with Gasteiger partial charge in [0.1, 0.15) is 5.76 Å². The molecule has 0 spiro atoms. The van der Waals surface area contributed by atoms with Crippen molar-refractivity contribution >= 4 is 41.5 Å². The summed E-state index contributed by atoms with van der Waals surface area (Å²) in [4.78, 5) is 8.61. The molecular weight excluding hydrogens is 507 g/mol. The fourth-order valence-electron chi connectivity index (χ4n) is 2.76. The standard InChI is InChI=1S/C19H23ClN6O2.HI/c1-4-15-14(16(5-2)27-25-15)10-22-19(21-3)23-11-17-24-18(26-28-17)12-7-6-8-13(20)9-12;/h6-9H,4-5,10-11H2,1-3H3,(H2,21,22,23);1H. The van der Waals surface area contributed by atoms with Gasteiger partial charge in [0.25, 0.3) is 0 Å². The number of aryl methyl sites for hydroxylation is 2. The third-order valence-corrected chi connectivity index (χ3v) is 4.46. The summed E-state index contributed by atoms with van der Waals surface area (Å²) in [5.41, 5.74) is 2.84. The van der Waals surface area contributed by atoms with Gasteiger partial charge < -0.3 is 19.7 Å². The maximum atomic E-state index is 6.01. The highest BCUT2D eigenvalue weighted by molar-refractivity contribution is 14.0. The quantitative estimate of drug-likeness (QED) is 0.271. The number of benzene rings is 1. The molecule has 29 heavy (non-hydrogen) atoms. The van der Waals surface area contributed by atoms with Gasteiger partial charge in [-0.05, 0) is 18.6 Å². The number of hydrogen-bond acceptors (Lipinski definition) is 6. The molecule has 0 aliphatic rings. The van der Waals surface area contributed by atoms with Crippen molar-refractivity contribution in [1.82, 2.24) is 25.9 Å². The number of hydrogen-bond donors (Lipinski definition) is 2. The topological polar surface area (TPSA) is 101 Å². The van der Waals surface area contributed by atoms with Gasteiger partial charge in [0, 0.05) is 36.2 Å². The minimum Gasteiger partial charge on any atom is -0.361 e. The van der Waals surface area contributed by atoms with Gasteiger partial charge in [0.05, 0.1) is 12.2 Å². The summed E-state index contributed by atoms with van der Waals surface area (Å²) < 4.78 is 10.7. The summed E-state index contributed by atoms with van der Waals surface area (Å²) in [6.07, 6.45) is 1.62. The second-order valence-electron chi connectivity index (χ2n) is 6.04. The Kier molecular flexibility index (Phi) is 8.90. The van der Waals surface area contributed by atoms with Crippen LogP contribution in [0.3, 0.4) is 0 Å². The van der Waals surface area contributed by atoms with Crippen molar-refractivity contribution in [2.45, 2.75) is 39.8 Å². The lowest BCUT2D eigenvalue weighted by molar-refractivity contribution is 0.375. The molecule has 156 valence electrons. The fraction of sp³-hybridized carbons (Fsp3) is 0.368. The first-order chi connectivity index (χ1) is 13.6. The van der Waals surface area contributed by atoms with E-state index in [9.17, 15) is 0 Å². The molecule has 0 bridgehead atoms. The van der Waals surface area contributed by atoms with E-state index in [-0.39, 0.29) is 24.0 Å². The summed E-state index contributed by atoms with van der Waals surface area (Å²) in [5, 5.41) is 15.2. The smallest absolute Gasteiger partial charge is 0.246 e. The van der Waals surface area contributed by atoms with E-state index >= 15 is 0 Å². The zero-order valence-corrected chi connectivity index (χ0v) is 19.6. The molecule has 2 heterocycles. The first-order valence-electron chi connectivity index (χ1n) is 9.13. The number of halogens is 2. The van der Waals surface area contributed by atoms with Crippen LogP contribution in [0, 0.1) is 0 Å². The zero-order chi connectivity index (χ0) is 19.9. The van der Waals surface area contributed by atoms with Crippen LogP contribution in [0.1, 0.15) is 36.8 Å². The highest BCUT2D eigenvalue weighted by atomic mass is 127. The Morgan fingerprint density at radius 2 is 1.90 bits per heavy atom. The zero-order valence-electron chi connectivity index (χ0n) is 16.5. The van der Waals surface area contributed by atoms with E-state index in [0.29, 0.717) is 35.8 Å². The Balaban J connectivity index is 0.00000300. The van der Waals surface area contributed by atoms with E-state index in [1.165, 1.54) is 0 Å². The van der Waals surface area contributed by atoms with Gasteiger partial charge in [-0.3, -0.25) is 4.99 Å². The molecule has 3 aromatic rings. The molecule has 0 unspecified atom stereocenters. The number of nitrogens with one attached hydrogen (secondary N) is 2. The van der Waals surface area contributed by atoms with Gasteiger partial charge in [-0.25, -0.2) is 0 Å². The summed E-state index contributed by atoms with van der Waals surface area (Å²) in [5.74, 6) is 2.45. The largest absolute Gasteiger partial charge is 0.361 e. The minimum absolute atomic E-state index is 0. The second kappa shape index (κ2) is 11.1. The lowest BCUT2D eigenvalue weighted by Crippen LogP contribution is -2.36. The summed E-state index contributed by atoms with van der Waals surface area (Å²) in [6.45, 7) is 5.02. The molecule has 1 aromatic carbocycles. The van der Waals surface area contributed by atoms with Crippen molar-refractivity contribution in [3.8, 4) is 11.4 Å². The summed E-state index contributed by atoms with van der Waals surface area (Å²) in [6, 6.07) is 7.31. The lowest BCUT2D eigenvalue weighted by Gasteiger charge is -2.10.